The van der Waals surface area contributed by atoms with Gasteiger partial charge in [-0.05, 0) is 29.3 Å². The number of nitrogens with one attached hydrogen (secondary N) is 3. The molecule has 176 valence electrons. The number of anilines is 2. The number of carbonyl (C=O) groups is 3. The van der Waals surface area contributed by atoms with Gasteiger partial charge in [-0.25, -0.2) is 4.79 Å². The second-order valence-electron chi connectivity index (χ2n) is 8.16. The van der Waals surface area contributed by atoms with E-state index in [2.05, 4.69) is 16.0 Å². The molecular weight excluding hydrogens is 430 g/mol. The van der Waals surface area contributed by atoms with E-state index in [1.807, 2.05) is 60.7 Å². The summed E-state index contributed by atoms with van der Waals surface area (Å²) < 4.78 is 5.30. The molecular formula is C27H29N3O4. The summed E-state index contributed by atoms with van der Waals surface area (Å²) in [6.45, 7) is 3.71. The van der Waals surface area contributed by atoms with E-state index < -0.39 is 18.0 Å². The molecule has 0 aliphatic rings. The van der Waals surface area contributed by atoms with Crippen molar-refractivity contribution < 1.29 is 19.1 Å². The van der Waals surface area contributed by atoms with Crippen molar-refractivity contribution in [2.24, 2.45) is 5.92 Å². The van der Waals surface area contributed by atoms with Crippen LogP contribution in [-0.2, 0) is 27.4 Å². The maximum Gasteiger partial charge on any atom is 0.408 e. The molecule has 0 aliphatic carbocycles. The Bertz CT molecular complexity index is 1100. The van der Waals surface area contributed by atoms with Gasteiger partial charge in [0.25, 0.3) is 0 Å². The van der Waals surface area contributed by atoms with Crippen molar-refractivity contribution in [1.82, 2.24) is 5.32 Å². The molecule has 0 spiro atoms. The standard InChI is InChI=1S/C27H29N3O4/c1-19(2)25(31)28-22-14-9-15-23(17-22)29-26(32)24(16-20-10-5-3-6-11-20)30-27(33)34-18-21-12-7-4-8-13-21/h3-15,17,19,24H,16,18H2,1-2H3,(H,28,31)(H,29,32)(H,30,33)/t24-/m0/s1. The summed E-state index contributed by atoms with van der Waals surface area (Å²) in [5.41, 5.74) is 2.82. The van der Waals surface area contributed by atoms with Crippen LogP contribution < -0.4 is 16.0 Å². The van der Waals surface area contributed by atoms with Crippen LogP contribution in [0.3, 0.4) is 0 Å². The number of carbonyl (C=O) groups excluding carboxylic acids is 3. The van der Waals surface area contributed by atoms with Gasteiger partial charge in [-0.3, -0.25) is 9.59 Å². The topological polar surface area (TPSA) is 96.5 Å². The smallest absolute Gasteiger partial charge is 0.408 e. The van der Waals surface area contributed by atoms with Crippen LogP contribution in [0, 0.1) is 5.92 Å². The third-order valence-corrected chi connectivity index (χ3v) is 5.03. The van der Waals surface area contributed by atoms with Crippen molar-refractivity contribution in [1.29, 1.82) is 0 Å². The Balaban J connectivity index is 1.68. The summed E-state index contributed by atoms with van der Waals surface area (Å²) in [5, 5.41) is 8.31. The third-order valence-electron chi connectivity index (χ3n) is 5.03. The summed E-state index contributed by atoms with van der Waals surface area (Å²) in [5.74, 6) is -0.680. The molecule has 3 amide bonds. The van der Waals surface area contributed by atoms with E-state index in [1.54, 1.807) is 38.1 Å². The molecule has 0 aromatic heterocycles. The van der Waals surface area contributed by atoms with E-state index in [9.17, 15) is 14.4 Å². The first-order valence-electron chi connectivity index (χ1n) is 11.1. The second-order valence-corrected chi connectivity index (χ2v) is 8.16. The lowest BCUT2D eigenvalue weighted by atomic mass is 10.1. The fraction of sp³-hybridized carbons (Fsp3) is 0.222. The highest BCUT2D eigenvalue weighted by atomic mass is 16.5. The lowest BCUT2D eigenvalue weighted by Gasteiger charge is -2.19. The Labute approximate surface area is 199 Å². The Morgan fingerprint density at radius 3 is 1.88 bits per heavy atom. The third kappa shape index (κ3) is 7.78. The first-order chi connectivity index (χ1) is 16.4. The first-order valence-corrected chi connectivity index (χ1v) is 11.1. The highest BCUT2D eigenvalue weighted by molar-refractivity contribution is 5.98. The summed E-state index contributed by atoms with van der Waals surface area (Å²) in [4.78, 5) is 37.5. The first kappa shape index (κ1) is 24.5. The van der Waals surface area contributed by atoms with Gasteiger partial charge in [-0.1, -0.05) is 80.6 Å². The maximum atomic E-state index is 13.1. The van der Waals surface area contributed by atoms with Gasteiger partial charge < -0.3 is 20.7 Å². The minimum atomic E-state index is -0.861. The minimum Gasteiger partial charge on any atom is -0.445 e. The molecule has 3 aromatic rings. The fourth-order valence-corrected chi connectivity index (χ4v) is 3.16. The summed E-state index contributed by atoms with van der Waals surface area (Å²) in [6, 6.07) is 24.7. The Hall–Kier alpha value is -4.13. The number of rotatable bonds is 9. The van der Waals surface area contributed by atoms with Gasteiger partial charge in [-0.2, -0.15) is 0 Å². The van der Waals surface area contributed by atoms with Crippen LogP contribution in [0.1, 0.15) is 25.0 Å². The SMILES string of the molecule is CC(C)C(=O)Nc1cccc(NC(=O)[C@H](Cc2ccccc2)NC(=O)OCc2ccccc2)c1. The molecule has 7 nitrogen and oxygen atoms in total. The number of hydrogen-bond donors (Lipinski definition) is 3. The van der Waals surface area contributed by atoms with Crippen molar-refractivity contribution in [2.45, 2.75) is 32.9 Å². The molecule has 0 aliphatic heterocycles. The van der Waals surface area contributed by atoms with Crippen LogP contribution in [0.15, 0.2) is 84.9 Å². The van der Waals surface area contributed by atoms with E-state index in [0.29, 0.717) is 11.4 Å². The molecule has 3 N–H and O–H groups in total. The number of benzene rings is 3. The van der Waals surface area contributed by atoms with Gasteiger partial charge in [-0.15, -0.1) is 0 Å². The molecule has 0 saturated carbocycles. The lowest BCUT2D eigenvalue weighted by Crippen LogP contribution is -2.45. The zero-order valence-electron chi connectivity index (χ0n) is 19.3. The average molecular weight is 460 g/mol. The second kappa shape index (κ2) is 12.2. The normalized spacial score (nSPS) is 11.4. The summed E-state index contributed by atoms with van der Waals surface area (Å²) in [6.07, 6.45) is -0.394. The largest absolute Gasteiger partial charge is 0.445 e. The quantitative estimate of drug-likeness (QED) is 0.430. The highest BCUT2D eigenvalue weighted by Crippen LogP contribution is 2.17. The van der Waals surface area contributed by atoms with Crippen LogP contribution in [-0.4, -0.2) is 23.9 Å². The van der Waals surface area contributed by atoms with Gasteiger partial charge in [0, 0.05) is 23.7 Å². The molecule has 34 heavy (non-hydrogen) atoms. The lowest BCUT2D eigenvalue weighted by molar-refractivity contribution is -0.119. The minimum absolute atomic E-state index is 0.101. The van der Waals surface area contributed by atoms with Crippen LogP contribution >= 0.6 is 0 Å². The monoisotopic (exact) mass is 459 g/mol. The Kier molecular flexibility index (Phi) is 8.80. The molecule has 0 saturated heterocycles. The van der Waals surface area contributed by atoms with E-state index in [4.69, 9.17) is 4.74 Å². The maximum absolute atomic E-state index is 13.1. The van der Waals surface area contributed by atoms with Crippen LogP contribution in [0.2, 0.25) is 0 Å². The van der Waals surface area contributed by atoms with Gasteiger partial charge >= 0.3 is 6.09 Å². The van der Waals surface area contributed by atoms with Gasteiger partial charge in [0.05, 0.1) is 0 Å². The fourth-order valence-electron chi connectivity index (χ4n) is 3.16. The molecule has 0 heterocycles. The number of amides is 3. The average Bonchev–Trinajstić information content (AvgIpc) is 2.84. The van der Waals surface area contributed by atoms with Crippen molar-refractivity contribution in [2.75, 3.05) is 10.6 Å². The van der Waals surface area contributed by atoms with Crippen molar-refractivity contribution in [3.63, 3.8) is 0 Å². The van der Waals surface area contributed by atoms with E-state index >= 15 is 0 Å². The van der Waals surface area contributed by atoms with Crippen LogP contribution in [0.5, 0.6) is 0 Å². The molecule has 3 rings (SSSR count). The number of ether oxygens (including phenoxy) is 1. The zero-order valence-corrected chi connectivity index (χ0v) is 19.3. The predicted octanol–water partition coefficient (Wildman–Crippen LogP) is 4.76. The molecule has 3 aromatic carbocycles. The van der Waals surface area contributed by atoms with Crippen LogP contribution in [0.4, 0.5) is 16.2 Å². The molecule has 0 unspecified atom stereocenters. The summed E-state index contributed by atoms with van der Waals surface area (Å²) in [7, 11) is 0. The Morgan fingerprint density at radius 2 is 1.29 bits per heavy atom. The molecule has 7 heteroatoms. The zero-order chi connectivity index (χ0) is 24.3. The van der Waals surface area contributed by atoms with E-state index in [1.165, 1.54) is 0 Å². The molecule has 0 radical (unpaired) electrons. The van der Waals surface area contributed by atoms with Crippen molar-refractivity contribution in [3.8, 4) is 0 Å². The van der Waals surface area contributed by atoms with Gasteiger partial charge in [0.15, 0.2) is 0 Å². The number of alkyl carbamates (subject to hydrolysis) is 1. The van der Waals surface area contributed by atoms with Crippen LogP contribution in [0.25, 0.3) is 0 Å². The summed E-state index contributed by atoms with van der Waals surface area (Å²) >= 11 is 0. The molecule has 0 bridgehead atoms. The van der Waals surface area contributed by atoms with Gasteiger partial charge in [0.1, 0.15) is 12.6 Å². The number of hydrogen-bond acceptors (Lipinski definition) is 4. The Morgan fingerprint density at radius 1 is 0.735 bits per heavy atom. The van der Waals surface area contributed by atoms with Crippen molar-refractivity contribution >= 4 is 29.3 Å². The molecule has 1 atom stereocenters. The predicted molar refractivity (Wildman–Crippen MR) is 132 cm³/mol. The van der Waals surface area contributed by atoms with Crippen molar-refractivity contribution in [3.05, 3.63) is 96.1 Å². The van der Waals surface area contributed by atoms with Gasteiger partial charge in [0.2, 0.25) is 11.8 Å². The molecule has 0 fully saturated rings. The van der Waals surface area contributed by atoms with E-state index in [-0.39, 0.29) is 24.9 Å². The highest BCUT2D eigenvalue weighted by Gasteiger charge is 2.22. The van der Waals surface area contributed by atoms with E-state index in [0.717, 1.165) is 11.1 Å².